The van der Waals surface area contributed by atoms with E-state index in [1.807, 2.05) is 0 Å². The van der Waals surface area contributed by atoms with E-state index in [4.69, 9.17) is 11.5 Å². The molecule has 0 aromatic heterocycles. The molecule has 5 N–H and O–H groups in total. The molecular weight excluding hydrogens is 246 g/mol. The van der Waals surface area contributed by atoms with E-state index in [0.717, 1.165) is 18.9 Å². The van der Waals surface area contributed by atoms with Crippen molar-refractivity contribution in [2.45, 2.75) is 57.8 Å². The van der Waals surface area contributed by atoms with Crippen LogP contribution in [0.15, 0.2) is 18.2 Å². The lowest BCUT2D eigenvalue weighted by molar-refractivity contribution is -0.459. The van der Waals surface area contributed by atoms with Gasteiger partial charge in [-0.1, -0.05) is 32.0 Å². The first-order chi connectivity index (χ1) is 9.61. The van der Waals surface area contributed by atoms with Gasteiger partial charge in [0, 0.05) is 0 Å². The van der Waals surface area contributed by atoms with Gasteiger partial charge in [0.2, 0.25) is 0 Å². The number of rotatable bonds is 6. The maximum absolute atomic E-state index is 5.41. The molecule has 2 atom stereocenters. The van der Waals surface area contributed by atoms with E-state index in [1.54, 1.807) is 11.1 Å². The number of nitrogens with one attached hydrogen (secondary N) is 1. The lowest BCUT2D eigenvalue weighted by Crippen LogP contribution is -2.78. The summed E-state index contributed by atoms with van der Waals surface area (Å²) in [5.74, 6) is 1.71. The third-order valence-corrected chi connectivity index (χ3v) is 4.61. The molecule has 3 heteroatoms. The number of aryl methyl sites for hydroxylation is 1. The summed E-state index contributed by atoms with van der Waals surface area (Å²) < 4.78 is 0. The molecule has 0 radical (unpaired) electrons. The minimum absolute atomic E-state index is 0.330. The number of hydrogen-bond donors (Lipinski definition) is 3. The highest BCUT2D eigenvalue weighted by molar-refractivity contribution is 5.69. The van der Waals surface area contributed by atoms with Crippen molar-refractivity contribution in [2.24, 2.45) is 11.5 Å². The molecule has 0 saturated heterocycles. The molecule has 1 aromatic carbocycles. The average molecular weight is 274 g/mol. The highest BCUT2D eigenvalue weighted by Crippen LogP contribution is 2.37. The zero-order valence-electron chi connectivity index (χ0n) is 12.8. The van der Waals surface area contributed by atoms with Gasteiger partial charge in [-0.05, 0) is 60.6 Å². The summed E-state index contributed by atoms with van der Waals surface area (Å²) in [6, 6.07) is 7.12. The van der Waals surface area contributed by atoms with Gasteiger partial charge in [0.05, 0.1) is 6.54 Å². The Morgan fingerprint density at radius 1 is 1.40 bits per heavy atom. The van der Waals surface area contributed by atoms with Gasteiger partial charge in [-0.25, -0.2) is 0 Å². The van der Waals surface area contributed by atoms with Crippen LogP contribution in [0.5, 0.6) is 0 Å². The molecule has 1 aliphatic rings. The zero-order chi connectivity index (χ0) is 14.5. The van der Waals surface area contributed by atoms with Crippen LogP contribution in [-0.2, 0) is 6.42 Å². The summed E-state index contributed by atoms with van der Waals surface area (Å²) in [5, 5.41) is 0. The molecule has 20 heavy (non-hydrogen) atoms. The number of guanidine groups is 1. The van der Waals surface area contributed by atoms with Crippen LogP contribution < -0.4 is 16.5 Å². The molecule has 1 aliphatic carbocycles. The molecule has 2 rings (SSSR count). The van der Waals surface area contributed by atoms with Crippen LogP contribution in [0.1, 0.15) is 68.1 Å². The van der Waals surface area contributed by atoms with Crippen LogP contribution in [0.4, 0.5) is 0 Å². The summed E-state index contributed by atoms with van der Waals surface area (Å²) >= 11 is 0. The molecular formula is C17H28N3+. The van der Waals surface area contributed by atoms with E-state index < -0.39 is 0 Å². The van der Waals surface area contributed by atoms with Gasteiger partial charge in [-0.3, -0.25) is 16.5 Å². The highest BCUT2D eigenvalue weighted by Gasteiger charge is 2.22. The second-order valence-electron chi connectivity index (χ2n) is 6.03. The standard InChI is InChI=1S/C17H27N3/c1-3-12(2)15-9-8-14-7-6-13(16(14)11-15)5-4-10-20-17(18)19/h8-9,11-13H,3-7,10H2,1-2H3,(H4,18,19,20)/p+1. The Kier molecular flexibility index (Phi) is 5.05. The van der Waals surface area contributed by atoms with Gasteiger partial charge in [0.15, 0.2) is 0 Å². The van der Waals surface area contributed by atoms with E-state index >= 15 is 0 Å². The fourth-order valence-corrected chi connectivity index (χ4v) is 3.13. The number of benzene rings is 1. The van der Waals surface area contributed by atoms with E-state index in [1.165, 1.54) is 31.2 Å². The van der Waals surface area contributed by atoms with Gasteiger partial charge >= 0.3 is 5.96 Å². The molecule has 2 unspecified atom stereocenters. The minimum atomic E-state index is 0.330. The highest BCUT2D eigenvalue weighted by atomic mass is 15.0. The van der Waals surface area contributed by atoms with Crippen LogP contribution in [0, 0.1) is 0 Å². The molecule has 3 nitrogen and oxygen atoms in total. The largest absolute Gasteiger partial charge is 0.338 e. The quantitative estimate of drug-likeness (QED) is 0.417. The molecule has 0 spiro atoms. The molecule has 0 saturated carbocycles. The van der Waals surface area contributed by atoms with E-state index in [2.05, 4.69) is 37.0 Å². The van der Waals surface area contributed by atoms with Gasteiger partial charge in [-0.2, -0.15) is 0 Å². The van der Waals surface area contributed by atoms with Gasteiger partial charge < -0.3 is 0 Å². The fraction of sp³-hybridized carbons (Fsp3) is 0.588. The van der Waals surface area contributed by atoms with Gasteiger partial charge in [-0.15, -0.1) is 0 Å². The van der Waals surface area contributed by atoms with Crippen molar-refractivity contribution < 1.29 is 4.99 Å². The van der Waals surface area contributed by atoms with Crippen molar-refractivity contribution in [3.05, 3.63) is 34.9 Å². The molecule has 1 aromatic rings. The van der Waals surface area contributed by atoms with Crippen molar-refractivity contribution in [3.8, 4) is 0 Å². The predicted octanol–water partition coefficient (Wildman–Crippen LogP) is 1.36. The molecule has 0 aliphatic heterocycles. The van der Waals surface area contributed by atoms with Crippen molar-refractivity contribution in [2.75, 3.05) is 6.54 Å². The first kappa shape index (κ1) is 14.9. The topological polar surface area (TPSA) is 66.0 Å². The molecule has 0 bridgehead atoms. The second-order valence-corrected chi connectivity index (χ2v) is 6.03. The number of nitrogens with two attached hydrogens (primary N) is 2. The Labute approximate surface area is 122 Å². The molecule has 0 amide bonds. The number of fused-ring (bicyclic) bond motifs is 1. The maximum atomic E-state index is 5.41. The zero-order valence-corrected chi connectivity index (χ0v) is 12.8. The molecule has 0 fully saturated rings. The summed E-state index contributed by atoms with van der Waals surface area (Å²) in [6.07, 6.45) is 6.08. The Bertz CT molecular complexity index is 475. The van der Waals surface area contributed by atoms with E-state index in [-0.39, 0.29) is 0 Å². The lowest BCUT2D eigenvalue weighted by atomic mass is 9.91. The van der Waals surface area contributed by atoms with Crippen molar-refractivity contribution in [1.29, 1.82) is 0 Å². The first-order valence-corrected chi connectivity index (χ1v) is 7.86. The Morgan fingerprint density at radius 3 is 2.90 bits per heavy atom. The minimum Gasteiger partial charge on any atom is -0.291 e. The maximum Gasteiger partial charge on any atom is 0.338 e. The van der Waals surface area contributed by atoms with Crippen LogP contribution in [-0.4, -0.2) is 12.5 Å². The lowest BCUT2D eigenvalue weighted by Gasteiger charge is -2.15. The second kappa shape index (κ2) is 6.78. The summed E-state index contributed by atoms with van der Waals surface area (Å²) in [7, 11) is 0. The smallest absolute Gasteiger partial charge is 0.291 e. The third-order valence-electron chi connectivity index (χ3n) is 4.61. The van der Waals surface area contributed by atoms with Gasteiger partial charge in [0.1, 0.15) is 0 Å². The predicted molar refractivity (Wildman–Crippen MR) is 84.7 cm³/mol. The summed E-state index contributed by atoms with van der Waals surface area (Å²) in [6.45, 7) is 5.45. The third kappa shape index (κ3) is 3.53. The van der Waals surface area contributed by atoms with Crippen molar-refractivity contribution in [1.82, 2.24) is 0 Å². The Balaban J connectivity index is 2.01. The van der Waals surface area contributed by atoms with E-state index in [9.17, 15) is 0 Å². The van der Waals surface area contributed by atoms with E-state index in [0.29, 0.717) is 11.9 Å². The van der Waals surface area contributed by atoms with Crippen LogP contribution >= 0.6 is 0 Å². The normalized spacial score (nSPS) is 18.6. The van der Waals surface area contributed by atoms with Crippen molar-refractivity contribution >= 4 is 5.96 Å². The SMILES string of the molecule is CCC(C)c1ccc2c(c1)C(CCC[NH+]=C(N)N)CC2. The summed E-state index contributed by atoms with van der Waals surface area (Å²) in [5.41, 5.74) is 15.5. The molecule has 110 valence electrons. The molecule has 0 heterocycles. The number of hydrogen-bond acceptors (Lipinski definition) is 0. The first-order valence-electron chi connectivity index (χ1n) is 7.86. The average Bonchev–Trinajstić information content (AvgIpc) is 2.85. The Morgan fingerprint density at radius 2 is 2.20 bits per heavy atom. The van der Waals surface area contributed by atoms with Crippen LogP contribution in [0.25, 0.3) is 0 Å². The Hall–Kier alpha value is -1.51. The summed E-state index contributed by atoms with van der Waals surface area (Å²) in [4.78, 5) is 3.00. The van der Waals surface area contributed by atoms with Crippen LogP contribution in [0.2, 0.25) is 0 Å². The van der Waals surface area contributed by atoms with Crippen LogP contribution in [0.3, 0.4) is 0 Å². The fourth-order valence-electron chi connectivity index (χ4n) is 3.13. The monoisotopic (exact) mass is 274 g/mol. The van der Waals surface area contributed by atoms with Gasteiger partial charge in [0.25, 0.3) is 0 Å². The van der Waals surface area contributed by atoms with Crippen molar-refractivity contribution in [3.63, 3.8) is 0 Å².